The summed E-state index contributed by atoms with van der Waals surface area (Å²) in [7, 11) is 0. The summed E-state index contributed by atoms with van der Waals surface area (Å²) < 4.78 is 11.1. The molecule has 132 valence electrons. The molecule has 7 nitrogen and oxygen atoms in total. The second-order valence-corrected chi connectivity index (χ2v) is 6.45. The quantitative estimate of drug-likeness (QED) is 0.273. The summed E-state index contributed by atoms with van der Waals surface area (Å²) in [5.74, 6) is -0.826. The number of nitro benzene ring substituents is 1. The molecule has 0 spiro atoms. The molecule has 0 aliphatic rings. The molecule has 0 saturated heterocycles. The van der Waals surface area contributed by atoms with Crippen molar-refractivity contribution in [1.29, 1.82) is 0 Å². The Kier molecular flexibility index (Phi) is 4.85. The molecule has 26 heavy (non-hydrogen) atoms. The van der Waals surface area contributed by atoms with E-state index in [9.17, 15) is 19.7 Å². The molecule has 0 amide bonds. The number of esters is 1. The highest BCUT2D eigenvalue weighted by Crippen LogP contribution is 2.25. The van der Waals surface area contributed by atoms with Crippen molar-refractivity contribution >= 4 is 38.6 Å². The molecule has 0 atom stereocenters. The standard InChI is InChI=1S/C18H12BrNO6/c1-10-3-2-4-14(20(23)24)17(10)18(22)25-9-11-7-16(21)26-15-8-12(19)5-6-13(11)15/h2-8H,9H2,1H3. The smallest absolute Gasteiger partial charge is 0.345 e. The molecule has 0 radical (unpaired) electrons. The average Bonchev–Trinajstić information content (AvgIpc) is 2.58. The molecule has 1 aromatic heterocycles. The maximum atomic E-state index is 12.4. The second kappa shape index (κ2) is 7.09. The molecular formula is C18H12BrNO6. The lowest BCUT2D eigenvalue weighted by atomic mass is 10.1. The van der Waals surface area contributed by atoms with Crippen LogP contribution in [0, 0.1) is 17.0 Å². The Labute approximate surface area is 155 Å². The minimum absolute atomic E-state index is 0.104. The Morgan fingerprint density at radius 1 is 1.27 bits per heavy atom. The minimum atomic E-state index is -0.826. The van der Waals surface area contributed by atoms with Crippen LogP contribution in [0.25, 0.3) is 11.0 Å². The molecule has 0 N–H and O–H groups in total. The maximum absolute atomic E-state index is 12.4. The van der Waals surface area contributed by atoms with Crippen LogP contribution in [-0.2, 0) is 11.3 Å². The van der Waals surface area contributed by atoms with Crippen LogP contribution in [0.1, 0.15) is 21.5 Å². The Morgan fingerprint density at radius 3 is 2.77 bits per heavy atom. The van der Waals surface area contributed by atoms with Gasteiger partial charge in [-0.3, -0.25) is 10.1 Å². The van der Waals surface area contributed by atoms with Crippen molar-refractivity contribution in [3.05, 3.63) is 84.2 Å². The van der Waals surface area contributed by atoms with E-state index in [0.717, 1.165) is 4.47 Å². The van der Waals surface area contributed by atoms with Gasteiger partial charge in [0.2, 0.25) is 0 Å². The van der Waals surface area contributed by atoms with E-state index in [1.165, 1.54) is 18.2 Å². The van der Waals surface area contributed by atoms with Gasteiger partial charge in [0.05, 0.1) is 4.92 Å². The third-order valence-electron chi connectivity index (χ3n) is 3.80. The first-order chi connectivity index (χ1) is 12.4. The monoisotopic (exact) mass is 417 g/mol. The molecule has 3 aromatic rings. The third kappa shape index (κ3) is 3.50. The topological polar surface area (TPSA) is 99.6 Å². The number of ether oxygens (including phenoxy) is 1. The number of aryl methyl sites for hydroxylation is 1. The van der Waals surface area contributed by atoms with Crippen molar-refractivity contribution in [2.45, 2.75) is 13.5 Å². The SMILES string of the molecule is Cc1cccc([N+](=O)[O-])c1C(=O)OCc1cc(=O)oc2cc(Br)ccc12. The predicted octanol–water partition coefficient (Wildman–Crippen LogP) is 4.13. The van der Waals surface area contributed by atoms with Crippen LogP contribution in [-0.4, -0.2) is 10.9 Å². The largest absolute Gasteiger partial charge is 0.457 e. The van der Waals surface area contributed by atoms with Gasteiger partial charge in [-0.1, -0.05) is 28.1 Å². The van der Waals surface area contributed by atoms with Gasteiger partial charge in [0, 0.05) is 27.6 Å². The normalized spacial score (nSPS) is 10.7. The van der Waals surface area contributed by atoms with E-state index in [0.29, 0.717) is 22.1 Å². The number of hydrogen-bond acceptors (Lipinski definition) is 6. The summed E-state index contributed by atoms with van der Waals surface area (Å²) in [4.78, 5) is 34.6. The molecule has 1 heterocycles. The molecule has 0 aliphatic heterocycles. The highest BCUT2D eigenvalue weighted by atomic mass is 79.9. The van der Waals surface area contributed by atoms with Crippen LogP contribution in [0.15, 0.2) is 56.1 Å². The molecule has 8 heteroatoms. The van der Waals surface area contributed by atoms with Crippen molar-refractivity contribution in [1.82, 2.24) is 0 Å². The highest BCUT2D eigenvalue weighted by Gasteiger charge is 2.23. The highest BCUT2D eigenvalue weighted by molar-refractivity contribution is 9.10. The van der Waals surface area contributed by atoms with Crippen molar-refractivity contribution in [2.75, 3.05) is 0 Å². The van der Waals surface area contributed by atoms with E-state index in [1.807, 2.05) is 0 Å². The minimum Gasteiger partial charge on any atom is -0.457 e. The van der Waals surface area contributed by atoms with Gasteiger partial charge in [-0.2, -0.15) is 0 Å². The van der Waals surface area contributed by atoms with E-state index in [1.54, 1.807) is 31.2 Å². The number of hydrogen-bond donors (Lipinski definition) is 0. The number of halogens is 1. The Bertz CT molecular complexity index is 1090. The van der Waals surface area contributed by atoms with E-state index in [4.69, 9.17) is 9.15 Å². The average molecular weight is 418 g/mol. The van der Waals surface area contributed by atoms with E-state index < -0.39 is 16.5 Å². The Balaban J connectivity index is 1.93. The van der Waals surface area contributed by atoms with Gasteiger partial charge in [-0.05, 0) is 30.7 Å². The second-order valence-electron chi connectivity index (χ2n) is 5.53. The molecule has 2 aromatic carbocycles. The molecule has 0 aliphatic carbocycles. The Hall–Kier alpha value is -3.00. The van der Waals surface area contributed by atoms with Gasteiger partial charge < -0.3 is 9.15 Å². The lowest BCUT2D eigenvalue weighted by molar-refractivity contribution is -0.385. The van der Waals surface area contributed by atoms with Crippen molar-refractivity contribution < 1.29 is 18.9 Å². The van der Waals surface area contributed by atoms with Crippen molar-refractivity contribution in [3.63, 3.8) is 0 Å². The first-order valence-electron chi connectivity index (χ1n) is 7.50. The maximum Gasteiger partial charge on any atom is 0.345 e. The summed E-state index contributed by atoms with van der Waals surface area (Å²) in [5.41, 5.74) is 0.228. The van der Waals surface area contributed by atoms with E-state index in [2.05, 4.69) is 15.9 Å². The number of carbonyl (C=O) groups excluding carboxylic acids is 1. The number of fused-ring (bicyclic) bond motifs is 1. The third-order valence-corrected chi connectivity index (χ3v) is 4.30. The van der Waals surface area contributed by atoms with Gasteiger partial charge in [0.15, 0.2) is 0 Å². The molecule has 0 saturated carbocycles. The van der Waals surface area contributed by atoms with E-state index >= 15 is 0 Å². The molecule has 0 bridgehead atoms. The zero-order valence-corrected chi connectivity index (χ0v) is 15.1. The van der Waals surface area contributed by atoms with Crippen molar-refractivity contribution in [2.24, 2.45) is 0 Å². The predicted molar refractivity (Wildman–Crippen MR) is 97.1 cm³/mol. The zero-order chi connectivity index (χ0) is 18.8. The lowest BCUT2D eigenvalue weighted by Gasteiger charge is -2.09. The molecule has 0 unspecified atom stereocenters. The lowest BCUT2D eigenvalue weighted by Crippen LogP contribution is -2.11. The van der Waals surface area contributed by atoms with Crippen LogP contribution >= 0.6 is 15.9 Å². The van der Waals surface area contributed by atoms with Crippen LogP contribution in [0.5, 0.6) is 0 Å². The summed E-state index contributed by atoms with van der Waals surface area (Å²) in [6.45, 7) is 1.38. The summed E-state index contributed by atoms with van der Waals surface area (Å²) in [6, 6.07) is 10.7. The number of benzene rings is 2. The number of nitrogens with zero attached hydrogens (tertiary/aromatic N) is 1. The van der Waals surface area contributed by atoms with Gasteiger partial charge >= 0.3 is 11.6 Å². The number of rotatable bonds is 4. The van der Waals surface area contributed by atoms with Gasteiger partial charge in [0.25, 0.3) is 5.69 Å². The molecule has 3 rings (SSSR count). The fraction of sp³-hybridized carbons (Fsp3) is 0.111. The first kappa shape index (κ1) is 17.8. The molecular weight excluding hydrogens is 406 g/mol. The fourth-order valence-electron chi connectivity index (χ4n) is 2.61. The van der Waals surface area contributed by atoms with Crippen LogP contribution in [0.3, 0.4) is 0 Å². The number of nitro groups is 1. The first-order valence-corrected chi connectivity index (χ1v) is 8.29. The van der Waals surface area contributed by atoms with Gasteiger partial charge in [-0.15, -0.1) is 0 Å². The summed E-state index contributed by atoms with van der Waals surface area (Å²) in [6.07, 6.45) is 0. The van der Waals surface area contributed by atoms with Gasteiger partial charge in [0.1, 0.15) is 17.8 Å². The molecule has 0 fully saturated rings. The van der Waals surface area contributed by atoms with Crippen molar-refractivity contribution in [3.8, 4) is 0 Å². The fourth-order valence-corrected chi connectivity index (χ4v) is 2.95. The Morgan fingerprint density at radius 2 is 2.04 bits per heavy atom. The zero-order valence-electron chi connectivity index (χ0n) is 13.5. The summed E-state index contributed by atoms with van der Waals surface area (Å²) >= 11 is 3.29. The van der Waals surface area contributed by atoms with Crippen LogP contribution in [0.2, 0.25) is 0 Å². The van der Waals surface area contributed by atoms with Crippen LogP contribution < -0.4 is 5.63 Å². The van der Waals surface area contributed by atoms with Crippen LogP contribution in [0.4, 0.5) is 5.69 Å². The number of carbonyl (C=O) groups is 1. The van der Waals surface area contributed by atoms with Gasteiger partial charge in [-0.25, -0.2) is 9.59 Å². The summed E-state index contributed by atoms with van der Waals surface area (Å²) in [5, 5.41) is 11.8. The van der Waals surface area contributed by atoms with E-state index in [-0.39, 0.29) is 17.9 Å².